The highest BCUT2D eigenvalue weighted by molar-refractivity contribution is 5.70. The SMILES string of the molecule is N#Cc1c(N)ccc(N)c1C#N. The first-order chi connectivity index (χ1) is 5.70. The van der Waals surface area contributed by atoms with Crippen LogP contribution in [0.4, 0.5) is 11.4 Å². The van der Waals surface area contributed by atoms with E-state index in [0.29, 0.717) is 0 Å². The summed E-state index contributed by atoms with van der Waals surface area (Å²) in [5.41, 5.74) is 11.8. The maximum atomic E-state index is 8.62. The Morgan fingerprint density at radius 1 is 0.917 bits per heavy atom. The van der Waals surface area contributed by atoms with Gasteiger partial charge >= 0.3 is 0 Å². The van der Waals surface area contributed by atoms with Crippen LogP contribution in [0.15, 0.2) is 12.1 Å². The van der Waals surface area contributed by atoms with Crippen LogP contribution in [0.1, 0.15) is 11.1 Å². The van der Waals surface area contributed by atoms with E-state index < -0.39 is 0 Å². The number of hydrogen-bond donors (Lipinski definition) is 2. The van der Waals surface area contributed by atoms with E-state index in [1.807, 2.05) is 12.1 Å². The normalized spacial score (nSPS) is 8.50. The average Bonchev–Trinajstić information content (AvgIpc) is 2.08. The predicted octanol–water partition coefficient (Wildman–Crippen LogP) is 0.594. The Bertz CT molecular complexity index is 356. The van der Waals surface area contributed by atoms with Crippen LogP contribution in [-0.2, 0) is 0 Å². The zero-order valence-electron chi connectivity index (χ0n) is 6.20. The molecule has 4 nitrogen and oxygen atoms in total. The molecule has 0 atom stereocenters. The van der Waals surface area contributed by atoms with E-state index >= 15 is 0 Å². The summed E-state index contributed by atoms with van der Waals surface area (Å²) in [6, 6.07) is 6.67. The second-order valence-electron chi connectivity index (χ2n) is 2.22. The number of nitrogens with two attached hydrogens (primary N) is 2. The maximum Gasteiger partial charge on any atom is 0.103 e. The Balaban J connectivity index is 3.55. The number of rotatable bonds is 0. The highest BCUT2D eigenvalue weighted by Crippen LogP contribution is 2.20. The molecule has 0 aliphatic carbocycles. The third kappa shape index (κ3) is 1.02. The second kappa shape index (κ2) is 2.81. The van der Waals surface area contributed by atoms with Crippen molar-refractivity contribution in [2.24, 2.45) is 0 Å². The van der Waals surface area contributed by atoms with Crippen molar-refractivity contribution in [2.45, 2.75) is 0 Å². The van der Waals surface area contributed by atoms with Crippen molar-refractivity contribution in [1.29, 1.82) is 10.5 Å². The third-order valence-corrected chi connectivity index (χ3v) is 1.49. The van der Waals surface area contributed by atoms with Gasteiger partial charge in [0.25, 0.3) is 0 Å². The average molecular weight is 158 g/mol. The molecule has 0 bridgehead atoms. The van der Waals surface area contributed by atoms with Crippen molar-refractivity contribution >= 4 is 11.4 Å². The first-order valence-electron chi connectivity index (χ1n) is 3.19. The minimum atomic E-state index is 0.150. The van der Waals surface area contributed by atoms with Crippen molar-refractivity contribution in [3.05, 3.63) is 23.3 Å². The van der Waals surface area contributed by atoms with Crippen LogP contribution in [0.3, 0.4) is 0 Å². The minimum absolute atomic E-state index is 0.150. The van der Waals surface area contributed by atoms with Crippen molar-refractivity contribution in [3.63, 3.8) is 0 Å². The van der Waals surface area contributed by atoms with E-state index in [9.17, 15) is 0 Å². The van der Waals surface area contributed by atoms with Crippen LogP contribution in [0.25, 0.3) is 0 Å². The topological polar surface area (TPSA) is 99.6 Å². The fourth-order valence-electron chi connectivity index (χ4n) is 0.876. The smallest absolute Gasteiger partial charge is 0.103 e. The largest absolute Gasteiger partial charge is 0.398 e. The van der Waals surface area contributed by atoms with Crippen LogP contribution in [0, 0.1) is 22.7 Å². The minimum Gasteiger partial charge on any atom is -0.398 e. The highest BCUT2D eigenvalue weighted by Gasteiger charge is 2.08. The van der Waals surface area contributed by atoms with E-state index in [0.717, 1.165) is 0 Å². The van der Waals surface area contributed by atoms with Gasteiger partial charge in [0.1, 0.15) is 12.1 Å². The monoisotopic (exact) mass is 158 g/mol. The number of nitrogens with zero attached hydrogens (tertiary/aromatic N) is 2. The first kappa shape index (κ1) is 7.90. The van der Waals surface area contributed by atoms with Gasteiger partial charge in [-0.2, -0.15) is 10.5 Å². The molecule has 0 aliphatic heterocycles. The van der Waals surface area contributed by atoms with Gasteiger partial charge in [-0.3, -0.25) is 0 Å². The molecule has 0 radical (unpaired) electrons. The van der Waals surface area contributed by atoms with Gasteiger partial charge in [-0.1, -0.05) is 0 Å². The standard InChI is InChI=1S/C8H6N4/c9-3-5-6(4-10)8(12)2-1-7(5)11/h1-2H,11-12H2. The number of anilines is 2. The van der Waals surface area contributed by atoms with Crippen LogP contribution < -0.4 is 11.5 Å². The molecule has 0 spiro atoms. The van der Waals surface area contributed by atoms with Gasteiger partial charge in [-0.15, -0.1) is 0 Å². The molecule has 0 heterocycles. The maximum absolute atomic E-state index is 8.62. The molecule has 0 unspecified atom stereocenters. The summed E-state index contributed by atoms with van der Waals surface area (Å²) in [5, 5.41) is 17.2. The van der Waals surface area contributed by atoms with E-state index in [1.165, 1.54) is 12.1 Å². The molecule has 1 aromatic carbocycles. The van der Waals surface area contributed by atoms with Gasteiger partial charge in [-0.25, -0.2) is 0 Å². The van der Waals surface area contributed by atoms with Crippen LogP contribution in [-0.4, -0.2) is 0 Å². The van der Waals surface area contributed by atoms with E-state index in [4.69, 9.17) is 22.0 Å². The number of nitriles is 2. The molecule has 0 aromatic heterocycles. The highest BCUT2D eigenvalue weighted by atomic mass is 14.6. The second-order valence-corrected chi connectivity index (χ2v) is 2.22. The van der Waals surface area contributed by atoms with Gasteiger partial charge in [0, 0.05) is 0 Å². The molecule has 0 saturated heterocycles. The van der Waals surface area contributed by atoms with Crippen molar-refractivity contribution in [2.75, 3.05) is 11.5 Å². The zero-order valence-corrected chi connectivity index (χ0v) is 6.20. The molecule has 58 valence electrons. The molecule has 0 aliphatic rings. The molecular weight excluding hydrogens is 152 g/mol. The molecule has 12 heavy (non-hydrogen) atoms. The summed E-state index contributed by atoms with van der Waals surface area (Å²) >= 11 is 0. The summed E-state index contributed by atoms with van der Waals surface area (Å²) in [6.45, 7) is 0. The molecule has 0 fully saturated rings. The summed E-state index contributed by atoms with van der Waals surface area (Å²) in [5.74, 6) is 0. The van der Waals surface area contributed by atoms with Crippen LogP contribution >= 0.6 is 0 Å². The van der Waals surface area contributed by atoms with E-state index in [2.05, 4.69) is 0 Å². The molecule has 1 aromatic rings. The number of benzene rings is 1. The fraction of sp³-hybridized carbons (Fsp3) is 0. The Morgan fingerprint density at radius 2 is 1.25 bits per heavy atom. The summed E-state index contributed by atoms with van der Waals surface area (Å²) in [4.78, 5) is 0. The van der Waals surface area contributed by atoms with Crippen molar-refractivity contribution in [1.82, 2.24) is 0 Å². The first-order valence-corrected chi connectivity index (χ1v) is 3.19. The van der Waals surface area contributed by atoms with Gasteiger partial charge in [-0.05, 0) is 12.1 Å². The zero-order chi connectivity index (χ0) is 9.14. The van der Waals surface area contributed by atoms with Gasteiger partial charge in [0.2, 0.25) is 0 Å². The summed E-state index contributed by atoms with van der Waals surface area (Å²) in [6.07, 6.45) is 0. The number of hydrogen-bond acceptors (Lipinski definition) is 4. The summed E-state index contributed by atoms with van der Waals surface area (Å²) in [7, 11) is 0. The van der Waals surface area contributed by atoms with Crippen molar-refractivity contribution < 1.29 is 0 Å². The Hall–Kier alpha value is -2.20. The van der Waals surface area contributed by atoms with Gasteiger partial charge < -0.3 is 11.5 Å². The predicted molar refractivity (Wildman–Crippen MR) is 44.7 cm³/mol. The quantitative estimate of drug-likeness (QED) is 0.540. The molecule has 4 heteroatoms. The molecular formula is C8H6N4. The Labute approximate surface area is 69.6 Å². The van der Waals surface area contributed by atoms with Gasteiger partial charge in [0.05, 0.1) is 22.5 Å². The molecule has 1 rings (SSSR count). The molecule has 4 N–H and O–H groups in total. The van der Waals surface area contributed by atoms with E-state index in [1.54, 1.807) is 0 Å². The van der Waals surface area contributed by atoms with Gasteiger partial charge in [0.15, 0.2) is 0 Å². The summed E-state index contributed by atoms with van der Waals surface area (Å²) < 4.78 is 0. The van der Waals surface area contributed by atoms with Crippen LogP contribution in [0.2, 0.25) is 0 Å². The lowest BCUT2D eigenvalue weighted by Gasteiger charge is -2.01. The molecule has 0 amide bonds. The lowest BCUT2D eigenvalue weighted by Crippen LogP contribution is -1.98. The third-order valence-electron chi connectivity index (χ3n) is 1.49. The Kier molecular flexibility index (Phi) is 1.85. The Morgan fingerprint density at radius 3 is 1.50 bits per heavy atom. The lowest BCUT2D eigenvalue weighted by molar-refractivity contribution is 1.43. The number of nitrogen functional groups attached to an aromatic ring is 2. The van der Waals surface area contributed by atoms with Crippen molar-refractivity contribution in [3.8, 4) is 12.1 Å². The molecule has 0 saturated carbocycles. The van der Waals surface area contributed by atoms with Crippen LogP contribution in [0.5, 0.6) is 0 Å². The van der Waals surface area contributed by atoms with E-state index in [-0.39, 0.29) is 22.5 Å². The fourth-order valence-corrected chi connectivity index (χ4v) is 0.876. The lowest BCUT2D eigenvalue weighted by atomic mass is 10.1.